The van der Waals surface area contributed by atoms with Gasteiger partial charge >= 0.3 is 0 Å². The van der Waals surface area contributed by atoms with E-state index in [1.165, 1.54) is 14.2 Å². The first-order valence-electron chi connectivity index (χ1n) is 7.58. The molecule has 2 aromatic carbocycles. The van der Waals surface area contributed by atoms with Crippen LogP contribution < -0.4 is 20.1 Å². The van der Waals surface area contributed by atoms with Crippen LogP contribution in [0.4, 0.5) is 5.69 Å². The molecule has 0 radical (unpaired) electrons. The van der Waals surface area contributed by atoms with Crippen LogP contribution in [0.25, 0.3) is 0 Å². The van der Waals surface area contributed by atoms with E-state index in [1.54, 1.807) is 30.3 Å². The Labute approximate surface area is 154 Å². The van der Waals surface area contributed by atoms with Crippen molar-refractivity contribution in [2.24, 2.45) is 0 Å². The van der Waals surface area contributed by atoms with E-state index in [9.17, 15) is 9.59 Å². The van der Waals surface area contributed by atoms with Gasteiger partial charge in [0.1, 0.15) is 11.5 Å². The van der Waals surface area contributed by atoms with Crippen molar-refractivity contribution in [3.8, 4) is 11.5 Å². The summed E-state index contributed by atoms with van der Waals surface area (Å²) in [7, 11) is 3.03. The normalized spacial score (nSPS) is 10.0. The minimum absolute atomic E-state index is 0.170. The van der Waals surface area contributed by atoms with Crippen LogP contribution >= 0.6 is 15.9 Å². The van der Waals surface area contributed by atoms with E-state index in [0.717, 1.165) is 4.47 Å². The number of benzene rings is 2. The molecule has 0 aliphatic heterocycles. The van der Waals surface area contributed by atoms with E-state index in [4.69, 9.17) is 9.47 Å². The number of carbonyl (C=O) groups is 2. The monoisotopic (exact) mass is 406 g/mol. The number of amides is 2. The topological polar surface area (TPSA) is 76.7 Å². The highest BCUT2D eigenvalue weighted by Gasteiger charge is 2.10. The zero-order chi connectivity index (χ0) is 18.2. The fourth-order valence-electron chi connectivity index (χ4n) is 2.09. The van der Waals surface area contributed by atoms with Gasteiger partial charge in [-0.3, -0.25) is 9.59 Å². The fraction of sp³-hybridized carbons (Fsp3) is 0.222. The molecule has 0 fully saturated rings. The molecule has 0 heterocycles. The first-order valence-corrected chi connectivity index (χ1v) is 8.38. The Morgan fingerprint density at radius 2 is 1.60 bits per heavy atom. The summed E-state index contributed by atoms with van der Waals surface area (Å²) in [6, 6.07) is 12.2. The van der Waals surface area contributed by atoms with Crippen LogP contribution in [0.5, 0.6) is 11.5 Å². The van der Waals surface area contributed by atoms with Crippen molar-refractivity contribution in [2.75, 3.05) is 26.1 Å². The Morgan fingerprint density at radius 3 is 2.16 bits per heavy atom. The van der Waals surface area contributed by atoms with Crippen LogP contribution in [0.3, 0.4) is 0 Å². The summed E-state index contributed by atoms with van der Waals surface area (Å²) in [5.41, 5.74) is 1.11. The molecule has 0 spiro atoms. The molecule has 0 aliphatic carbocycles. The Hall–Kier alpha value is -2.54. The molecule has 132 valence electrons. The quantitative estimate of drug-likeness (QED) is 0.739. The Morgan fingerprint density at radius 1 is 1.00 bits per heavy atom. The third-order valence-corrected chi connectivity index (χ3v) is 3.91. The summed E-state index contributed by atoms with van der Waals surface area (Å²) in [6.45, 7) is 0.223. The van der Waals surface area contributed by atoms with Crippen molar-refractivity contribution in [1.29, 1.82) is 0 Å². The maximum atomic E-state index is 12.2. The molecule has 0 aliphatic rings. The number of hydrogen-bond donors (Lipinski definition) is 2. The number of nitrogens with one attached hydrogen (secondary N) is 2. The Bertz CT molecular complexity index is 725. The third kappa shape index (κ3) is 5.79. The molecular weight excluding hydrogens is 388 g/mol. The van der Waals surface area contributed by atoms with Gasteiger partial charge in [-0.2, -0.15) is 0 Å². The Balaban J connectivity index is 1.85. The minimum atomic E-state index is -0.298. The lowest BCUT2D eigenvalue weighted by Crippen LogP contribution is -2.27. The van der Waals surface area contributed by atoms with Gasteiger partial charge in [0.2, 0.25) is 5.91 Å². The van der Waals surface area contributed by atoms with E-state index in [-0.39, 0.29) is 24.8 Å². The van der Waals surface area contributed by atoms with Gasteiger partial charge in [0.25, 0.3) is 5.91 Å². The highest BCUT2D eigenvalue weighted by molar-refractivity contribution is 9.10. The largest absolute Gasteiger partial charge is 0.497 e. The maximum Gasteiger partial charge on any atom is 0.251 e. The number of halogens is 1. The molecular formula is C18H19BrN2O4. The molecule has 2 N–H and O–H groups in total. The third-order valence-electron chi connectivity index (χ3n) is 3.38. The summed E-state index contributed by atoms with van der Waals surface area (Å²) in [4.78, 5) is 24.1. The van der Waals surface area contributed by atoms with Gasteiger partial charge in [-0.1, -0.05) is 15.9 Å². The lowest BCUT2D eigenvalue weighted by molar-refractivity contribution is -0.116. The molecule has 0 bridgehead atoms. The summed E-state index contributed by atoms with van der Waals surface area (Å²) in [5.74, 6) is 0.578. The molecule has 7 heteroatoms. The molecule has 0 atom stereocenters. The number of anilines is 1. The van der Waals surface area contributed by atoms with Crippen molar-refractivity contribution >= 4 is 33.4 Å². The zero-order valence-corrected chi connectivity index (χ0v) is 15.6. The number of carbonyl (C=O) groups excluding carboxylic acids is 2. The highest BCUT2D eigenvalue weighted by atomic mass is 79.9. The zero-order valence-electron chi connectivity index (χ0n) is 14.0. The summed E-state index contributed by atoms with van der Waals surface area (Å²) in [6.07, 6.45) is 0.170. The van der Waals surface area contributed by atoms with Crippen molar-refractivity contribution in [2.45, 2.75) is 6.42 Å². The van der Waals surface area contributed by atoms with E-state index in [0.29, 0.717) is 22.7 Å². The van der Waals surface area contributed by atoms with Gasteiger partial charge in [-0.15, -0.1) is 0 Å². The molecule has 0 saturated carbocycles. The van der Waals surface area contributed by atoms with Crippen molar-refractivity contribution < 1.29 is 19.1 Å². The van der Waals surface area contributed by atoms with E-state index in [2.05, 4.69) is 26.6 Å². The second-order valence-corrected chi connectivity index (χ2v) is 6.08. The predicted octanol–water partition coefficient (Wildman–Crippen LogP) is 3.22. The SMILES string of the molecule is COc1cc(OC)cc(C(=O)NCCC(=O)Nc2ccc(Br)cc2)c1. The van der Waals surface area contributed by atoms with Gasteiger partial charge in [0.15, 0.2) is 0 Å². The van der Waals surface area contributed by atoms with Crippen LogP contribution in [-0.2, 0) is 4.79 Å². The van der Waals surface area contributed by atoms with Gasteiger partial charge in [0, 0.05) is 34.8 Å². The molecule has 2 rings (SSSR count). The van der Waals surface area contributed by atoms with Crippen molar-refractivity contribution in [1.82, 2.24) is 5.32 Å². The second kappa shape index (κ2) is 9.08. The number of ether oxygens (including phenoxy) is 2. The van der Waals surface area contributed by atoms with Gasteiger partial charge < -0.3 is 20.1 Å². The van der Waals surface area contributed by atoms with Crippen LogP contribution in [-0.4, -0.2) is 32.6 Å². The summed E-state index contributed by atoms with van der Waals surface area (Å²) >= 11 is 3.33. The lowest BCUT2D eigenvalue weighted by atomic mass is 10.2. The molecule has 0 unspecified atom stereocenters. The average molecular weight is 407 g/mol. The van der Waals surface area contributed by atoms with E-state index >= 15 is 0 Å². The van der Waals surface area contributed by atoms with Gasteiger partial charge in [0.05, 0.1) is 14.2 Å². The van der Waals surface area contributed by atoms with Crippen LogP contribution in [0.15, 0.2) is 46.9 Å². The van der Waals surface area contributed by atoms with E-state index in [1.807, 2.05) is 12.1 Å². The maximum absolute atomic E-state index is 12.2. The minimum Gasteiger partial charge on any atom is -0.497 e. The number of rotatable bonds is 7. The van der Waals surface area contributed by atoms with Gasteiger partial charge in [-0.05, 0) is 36.4 Å². The molecule has 25 heavy (non-hydrogen) atoms. The smallest absolute Gasteiger partial charge is 0.251 e. The second-order valence-electron chi connectivity index (χ2n) is 5.16. The summed E-state index contributed by atoms with van der Waals surface area (Å²) < 4.78 is 11.2. The van der Waals surface area contributed by atoms with Crippen LogP contribution in [0.1, 0.15) is 16.8 Å². The highest BCUT2D eigenvalue weighted by Crippen LogP contribution is 2.22. The van der Waals surface area contributed by atoms with Crippen LogP contribution in [0.2, 0.25) is 0 Å². The Kier molecular flexibility index (Phi) is 6.82. The molecule has 2 amide bonds. The fourth-order valence-corrected chi connectivity index (χ4v) is 2.35. The first-order chi connectivity index (χ1) is 12.0. The number of hydrogen-bond acceptors (Lipinski definition) is 4. The van der Waals surface area contributed by atoms with Gasteiger partial charge in [-0.25, -0.2) is 0 Å². The standard InChI is InChI=1S/C18H19BrN2O4/c1-24-15-9-12(10-16(11-15)25-2)18(23)20-8-7-17(22)21-14-5-3-13(19)4-6-14/h3-6,9-11H,7-8H2,1-2H3,(H,20,23)(H,21,22). The first kappa shape index (κ1) is 18.8. The van der Waals surface area contributed by atoms with Crippen LogP contribution in [0, 0.1) is 0 Å². The molecule has 6 nitrogen and oxygen atoms in total. The molecule has 2 aromatic rings. The van der Waals surface area contributed by atoms with E-state index < -0.39 is 0 Å². The molecule has 0 aromatic heterocycles. The molecule has 0 saturated heterocycles. The lowest BCUT2D eigenvalue weighted by Gasteiger charge is -2.09. The predicted molar refractivity (Wildman–Crippen MR) is 99.3 cm³/mol. The number of methoxy groups -OCH3 is 2. The van der Waals surface area contributed by atoms with Crippen molar-refractivity contribution in [3.63, 3.8) is 0 Å². The average Bonchev–Trinajstić information content (AvgIpc) is 2.63. The summed E-state index contributed by atoms with van der Waals surface area (Å²) in [5, 5.41) is 5.48. The van der Waals surface area contributed by atoms with Crippen molar-refractivity contribution in [3.05, 3.63) is 52.5 Å².